The Bertz CT molecular complexity index is 716. The van der Waals surface area contributed by atoms with Crippen molar-refractivity contribution in [3.05, 3.63) is 34.0 Å². The van der Waals surface area contributed by atoms with Gasteiger partial charge >= 0.3 is 0 Å². The highest BCUT2D eigenvalue weighted by Crippen LogP contribution is 2.21. The van der Waals surface area contributed by atoms with Gasteiger partial charge in [0.2, 0.25) is 0 Å². The number of hydrogen-bond acceptors (Lipinski definition) is 5. The molecule has 3 heterocycles. The van der Waals surface area contributed by atoms with Crippen LogP contribution in [0.4, 0.5) is 0 Å². The molecule has 1 fully saturated rings. The smallest absolute Gasteiger partial charge is 0.194 e. The van der Waals surface area contributed by atoms with Gasteiger partial charge in [0.25, 0.3) is 0 Å². The molecule has 1 aliphatic rings. The van der Waals surface area contributed by atoms with E-state index < -0.39 is 0 Å². The largest absolute Gasteiger partial charge is 0.370 e. The number of aromatic nitrogens is 3. The van der Waals surface area contributed by atoms with Crippen molar-refractivity contribution in [1.82, 2.24) is 25.0 Å². The fraction of sp³-hybridized carbons (Fsp3) is 0.588. The van der Waals surface area contributed by atoms with E-state index in [0.717, 1.165) is 43.3 Å². The lowest BCUT2D eigenvalue weighted by atomic mass is 10.1. The third kappa shape index (κ3) is 5.40. The van der Waals surface area contributed by atoms with Crippen LogP contribution in [0.1, 0.15) is 36.2 Å². The molecule has 1 N–H and O–H groups in total. The number of morpholine rings is 1. The average molecular weight is 490 g/mol. The lowest BCUT2D eigenvalue weighted by Gasteiger charge is -2.34. The van der Waals surface area contributed by atoms with Crippen LogP contribution in [0.2, 0.25) is 0 Å². The van der Waals surface area contributed by atoms with Crippen LogP contribution in [-0.2, 0) is 24.8 Å². The molecular formula is C17H27IN6OS. The maximum Gasteiger partial charge on any atom is 0.194 e. The van der Waals surface area contributed by atoms with Crippen molar-refractivity contribution in [2.45, 2.75) is 32.9 Å². The predicted octanol–water partition coefficient (Wildman–Crippen LogP) is 2.60. The van der Waals surface area contributed by atoms with Gasteiger partial charge in [0.15, 0.2) is 5.96 Å². The lowest BCUT2D eigenvalue weighted by Crippen LogP contribution is -2.48. The quantitative estimate of drug-likeness (QED) is 0.397. The fourth-order valence-corrected chi connectivity index (χ4v) is 3.55. The van der Waals surface area contributed by atoms with E-state index in [1.165, 1.54) is 5.01 Å². The Morgan fingerprint density at radius 2 is 2.31 bits per heavy atom. The Kier molecular flexibility index (Phi) is 8.29. The first-order valence-corrected chi connectivity index (χ1v) is 9.64. The van der Waals surface area contributed by atoms with Crippen molar-refractivity contribution < 1.29 is 4.74 Å². The molecule has 0 aromatic carbocycles. The molecule has 9 heteroatoms. The molecule has 1 unspecified atom stereocenters. The second kappa shape index (κ2) is 10.2. The number of guanidine groups is 1. The number of hydrogen-bond donors (Lipinski definition) is 1. The summed E-state index contributed by atoms with van der Waals surface area (Å²) in [7, 11) is 1.92. The van der Waals surface area contributed by atoms with E-state index in [9.17, 15) is 0 Å². The van der Waals surface area contributed by atoms with E-state index >= 15 is 0 Å². The maximum atomic E-state index is 5.93. The van der Waals surface area contributed by atoms with Gasteiger partial charge in [-0.3, -0.25) is 4.68 Å². The molecule has 0 aliphatic carbocycles. The number of aryl methyl sites for hydroxylation is 2. The number of thiazole rings is 1. The van der Waals surface area contributed by atoms with Gasteiger partial charge in [0.05, 0.1) is 36.6 Å². The zero-order chi connectivity index (χ0) is 17.6. The highest BCUT2D eigenvalue weighted by atomic mass is 127. The number of halogens is 1. The summed E-state index contributed by atoms with van der Waals surface area (Å²) in [6, 6.07) is 0. The molecule has 0 spiro atoms. The molecule has 26 heavy (non-hydrogen) atoms. The molecule has 3 rings (SSSR count). The van der Waals surface area contributed by atoms with E-state index in [-0.39, 0.29) is 30.1 Å². The van der Waals surface area contributed by atoms with E-state index in [2.05, 4.69) is 39.5 Å². The molecule has 0 radical (unpaired) electrons. The minimum absolute atomic E-state index is 0. The van der Waals surface area contributed by atoms with Crippen LogP contribution in [-0.4, -0.2) is 51.9 Å². The highest BCUT2D eigenvalue weighted by molar-refractivity contribution is 14.0. The highest BCUT2D eigenvalue weighted by Gasteiger charge is 2.25. The standard InChI is InChI=1S/C17H26N6OS.HI/c1-4-16-21-14(12-25-16)9-19-17(18-5-2)23-6-7-24-15(11-23)13-8-20-22(3)10-13;/h8,10,12,15H,4-7,9,11H2,1-3H3,(H,18,19);1H. The van der Waals surface area contributed by atoms with Crippen molar-refractivity contribution in [3.8, 4) is 0 Å². The Morgan fingerprint density at radius 3 is 2.96 bits per heavy atom. The van der Waals surface area contributed by atoms with Crippen LogP contribution < -0.4 is 5.32 Å². The molecule has 2 aromatic heterocycles. The summed E-state index contributed by atoms with van der Waals surface area (Å²) >= 11 is 1.71. The molecule has 1 aliphatic heterocycles. The first kappa shape index (κ1) is 21.1. The predicted molar refractivity (Wildman–Crippen MR) is 115 cm³/mol. The van der Waals surface area contributed by atoms with E-state index in [0.29, 0.717) is 13.2 Å². The first-order valence-electron chi connectivity index (χ1n) is 8.76. The SMILES string of the molecule is CCNC(=NCc1csc(CC)n1)N1CCOC(c2cnn(C)c2)C1.I. The van der Waals surface area contributed by atoms with Gasteiger partial charge in [0, 0.05) is 37.3 Å². The molecular weight excluding hydrogens is 463 g/mol. The molecule has 2 aromatic rings. The van der Waals surface area contributed by atoms with Gasteiger partial charge in [-0.15, -0.1) is 35.3 Å². The van der Waals surface area contributed by atoms with Gasteiger partial charge < -0.3 is 15.0 Å². The van der Waals surface area contributed by atoms with Crippen molar-refractivity contribution in [2.75, 3.05) is 26.2 Å². The Labute approximate surface area is 175 Å². The Morgan fingerprint density at radius 1 is 1.46 bits per heavy atom. The number of nitrogens with zero attached hydrogens (tertiary/aromatic N) is 5. The van der Waals surface area contributed by atoms with Gasteiger partial charge in [-0.25, -0.2) is 9.98 Å². The molecule has 1 atom stereocenters. The normalized spacial score (nSPS) is 17.9. The minimum atomic E-state index is 0. The average Bonchev–Trinajstić information content (AvgIpc) is 3.27. The maximum absolute atomic E-state index is 5.93. The fourth-order valence-electron chi connectivity index (χ4n) is 2.82. The lowest BCUT2D eigenvalue weighted by molar-refractivity contribution is -0.00805. The Balaban J connectivity index is 0.00000243. The summed E-state index contributed by atoms with van der Waals surface area (Å²) in [5, 5.41) is 10.9. The summed E-state index contributed by atoms with van der Waals surface area (Å²) in [4.78, 5) is 11.6. The van der Waals surface area contributed by atoms with Crippen molar-refractivity contribution in [1.29, 1.82) is 0 Å². The van der Waals surface area contributed by atoms with E-state index in [4.69, 9.17) is 9.73 Å². The summed E-state index contributed by atoms with van der Waals surface area (Å²) in [6.45, 7) is 7.95. The van der Waals surface area contributed by atoms with Crippen LogP contribution >= 0.6 is 35.3 Å². The summed E-state index contributed by atoms with van der Waals surface area (Å²) in [5.74, 6) is 0.922. The van der Waals surface area contributed by atoms with E-state index in [1.807, 2.05) is 24.1 Å². The van der Waals surface area contributed by atoms with Crippen molar-refractivity contribution >= 4 is 41.3 Å². The molecule has 1 saturated heterocycles. The Hall–Kier alpha value is -1.20. The topological polar surface area (TPSA) is 67.6 Å². The molecule has 0 amide bonds. The molecule has 7 nitrogen and oxygen atoms in total. The minimum Gasteiger partial charge on any atom is -0.370 e. The second-order valence-electron chi connectivity index (χ2n) is 6.01. The summed E-state index contributed by atoms with van der Waals surface area (Å²) in [6.07, 6.45) is 4.89. The van der Waals surface area contributed by atoms with Crippen LogP contribution in [0.15, 0.2) is 22.8 Å². The van der Waals surface area contributed by atoms with Gasteiger partial charge in [-0.1, -0.05) is 6.92 Å². The van der Waals surface area contributed by atoms with Gasteiger partial charge in [-0.2, -0.15) is 5.10 Å². The number of aliphatic imine (C=N–C) groups is 1. The van der Waals surface area contributed by atoms with Crippen molar-refractivity contribution in [3.63, 3.8) is 0 Å². The van der Waals surface area contributed by atoms with Crippen LogP contribution in [0.25, 0.3) is 0 Å². The van der Waals surface area contributed by atoms with Crippen LogP contribution in [0.5, 0.6) is 0 Å². The van der Waals surface area contributed by atoms with Gasteiger partial charge in [-0.05, 0) is 13.3 Å². The summed E-state index contributed by atoms with van der Waals surface area (Å²) in [5.41, 5.74) is 2.14. The zero-order valence-electron chi connectivity index (χ0n) is 15.5. The second-order valence-corrected chi connectivity index (χ2v) is 6.95. The third-order valence-electron chi connectivity index (χ3n) is 4.09. The number of nitrogens with one attached hydrogen (secondary N) is 1. The van der Waals surface area contributed by atoms with Gasteiger partial charge in [0.1, 0.15) is 6.10 Å². The number of ether oxygens (including phenoxy) is 1. The van der Waals surface area contributed by atoms with Crippen LogP contribution in [0.3, 0.4) is 0 Å². The third-order valence-corrected chi connectivity index (χ3v) is 5.13. The molecule has 0 saturated carbocycles. The molecule has 0 bridgehead atoms. The zero-order valence-corrected chi connectivity index (χ0v) is 18.7. The van der Waals surface area contributed by atoms with E-state index in [1.54, 1.807) is 11.3 Å². The van der Waals surface area contributed by atoms with Crippen molar-refractivity contribution in [2.24, 2.45) is 12.0 Å². The molecule has 144 valence electrons. The summed E-state index contributed by atoms with van der Waals surface area (Å²) < 4.78 is 7.74. The van der Waals surface area contributed by atoms with Crippen LogP contribution in [0, 0.1) is 0 Å². The first-order chi connectivity index (χ1) is 12.2. The number of rotatable bonds is 5. The monoisotopic (exact) mass is 490 g/mol.